The lowest BCUT2D eigenvalue weighted by molar-refractivity contribution is 0.246. The van der Waals surface area contributed by atoms with Crippen molar-refractivity contribution < 1.29 is 4.74 Å². The Morgan fingerprint density at radius 1 is 1.53 bits per heavy atom. The van der Waals surface area contributed by atoms with Gasteiger partial charge in [0.2, 0.25) is 0 Å². The summed E-state index contributed by atoms with van der Waals surface area (Å²) in [6, 6.07) is 0. The fraction of sp³-hybridized carbons (Fsp3) is 0.615. The van der Waals surface area contributed by atoms with Crippen molar-refractivity contribution in [3.8, 4) is 0 Å². The molecule has 1 aliphatic rings. The van der Waals surface area contributed by atoms with Crippen LogP contribution >= 0.6 is 0 Å². The van der Waals surface area contributed by atoms with Crippen LogP contribution in [0, 0.1) is 5.92 Å². The zero-order chi connectivity index (χ0) is 11.5. The van der Waals surface area contributed by atoms with Crippen LogP contribution in [-0.2, 0) is 4.74 Å². The topological polar surface area (TPSA) is 21.6 Å². The fourth-order valence-electron chi connectivity index (χ4n) is 1.39. The standard InChI is InChI=1S/C13H21NO/c1-6-13(5,10(2)3)14-9-12-7-8-15-11(12)4/h6,9-10H,1,7-8H2,2-5H3. The molecule has 1 heterocycles. The summed E-state index contributed by atoms with van der Waals surface area (Å²) >= 11 is 0. The highest BCUT2D eigenvalue weighted by molar-refractivity contribution is 5.80. The number of aliphatic imine (C=N–C) groups is 1. The Labute approximate surface area is 92.7 Å². The molecule has 0 saturated carbocycles. The van der Waals surface area contributed by atoms with Crippen molar-refractivity contribution in [3.05, 3.63) is 24.0 Å². The summed E-state index contributed by atoms with van der Waals surface area (Å²) in [5, 5.41) is 0. The van der Waals surface area contributed by atoms with Crippen molar-refractivity contribution in [1.29, 1.82) is 0 Å². The van der Waals surface area contributed by atoms with Crippen molar-refractivity contribution in [2.24, 2.45) is 10.9 Å². The van der Waals surface area contributed by atoms with Gasteiger partial charge in [0.25, 0.3) is 0 Å². The van der Waals surface area contributed by atoms with Crippen molar-refractivity contribution >= 4 is 6.21 Å². The molecule has 1 rings (SSSR count). The lowest BCUT2D eigenvalue weighted by Gasteiger charge is -2.25. The van der Waals surface area contributed by atoms with E-state index in [2.05, 4.69) is 32.3 Å². The highest BCUT2D eigenvalue weighted by Gasteiger charge is 2.23. The summed E-state index contributed by atoms with van der Waals surface area (Å²) in [4.78, 5) is 4.63. The molecule has 0 N–H and O–H groups in total. The second-order valence-electron chi connectivity index (χ2n) is 4.52. The molecule has 0 radical (unpaired) electrons. The molecular weight excluding hydrogens is 186 g/mol. The smallest absolute Gasteiger partial charge is 0.0977 e. The quantitative estimate of drug-likeness (QED) is 0.511. The van der Waals surface area contributed by atoms with Crippen LogP contribution in [0.2, 0.25) is 0 Å². The highest BCUT2D eigenvalue weighted by Crippen LogP contribution is 2.24. The Balaban J connectivity index is 2.79. The lowest BCUT2D eigenvalue weighted by Crippen LogP contribution is -2.26. The Morgan fingerprint density at radius 2 is 2.20 bits per heavy atom. The predicted octanol–water partition coefficient (Wildman–Crippen LogP) is 3.35. The molecule has 15 heavy (non-hydrogen) atoms. The molecule has 0 saturated heterocycles. The van der Waals surface area contributed by atoms with E-state index in [1.54, 1.807) is 0 Å². The second kappa shape index (κ2) is 4.65. The van der Waals surface area contributed by atoms with E-state index >= 15 is 0 Å². The minimum atomic E-state index is -0.171. The van der Waals surface area contributed by atoms with Gasteiger partial charge in [0.1, 0.15) is 0 Å². The zero-order valence-corrected chi connectivity index (χ0v) is 10.2. The van der Waals surface area contributed by atoms with Crippen LogP contribution in [0.3, 0.4) is 0 Å². The van der Waals surface area contributed by atoms with Crippen LogP contribution in [0.25, 0.3) is 0 Å². The molecule has 0 aliphatic carbocycles. The molecule has 0 aromatic heterocycles. The first-order chi connectivity index (χ1) is 6.99. The van der Waals surface area contributed by atoms with Gasteiger partial charge in [-0.15, -0.1) is 6.58 Å². The minimum Gasteiger partial charge on any atom is -0.498 e. The number of allylic oxidation sites excluding steroid dienone is 1. The molecule has 0 fully saturated rings. The zero-order valence-electron chi connectivity index (χ0n) is 10.2. The Bertz CT molecular complexity index is 302. The first kappa shape index (κ1) is 12.0. The molecular formula is C13H21NO. The molecule has 0 aromatic rings. The summed E-state index contributed by atoms with van der Waals surface area (Å²) in [5.41, 5.74) is 1.04. The Hall–Kier alpha value is -1.05. The van der Waals surface area contributed by atoms with Crippen LogP contribution in [-0.4, -0.2) is 18.4 Å². The number of hydrogen-bond donors (Lipinski definition) is 0. The van der Waals surface area contributed by atoms with Gasteiger partial charge in [-0.1, -0.05) is 19.9 Å². The van der Waals surface area contributed by atoms with Crippen LogP contribution in [0.5, 0.6) is 0 Å². The van der Waals surface area contributed by atoms with Gasteiger partial charge in [0, 0.05) is 18.2 Å². The number of nitrogens with zero attached hydrogens (tertiary/aromatic N) is 1. The summed E-state index contributed by atoms with van der Waals surface area (Å²) < 4.78 is 5.39. The maximum absolute atomic E-state index is 5.39. The summed E-state index contributed by atoms with van der Waals surface area (Å²) in [7, 11) is 0. The molecule has 0 bridgehead atoms. The van der Waals surface area contributed by atoms with Gasteiger partial charge in [-0.25, -0.2) is 0 Å². The highest BCUT2D eigenvalue weighted by atomic mass is 16.5. The first-order valence-electron chi connectivity index (χ1n) is 5.51. The van der Waals surface area contributed by atoms with Crippen LogP contribution < -0.4 is 0 Å². The van der Waals surface area contributed by atoms with Gasteiger partial charge in [-0.05, 0) is 19.8 Å². The summed E-state index contributed by atoms with van der Waals surface area (Å²) in [6.07, 6.45) is 4.84. The molecule has 2 heteroatoms. The van der Waals surface area contributed by atoms with Crippen LogP contribution in [0.1, 0.15) is 34.1 Å². The van der Waals surface area contributed by atoms with Gasteiger partial charge in [0.15, 0.2) is 0 Å². The number of rotatable bonds is 4. The van der Waals surface area contributed by atoms with E-state index in [-0.39, 0.29) is 5.54 Å². The molecule has 1 atom stereocenters. The van der Waals surface area contributed by atoms with E-state index in [9.17, 15) is 0 Å². The molecule has 0 aromatic carbocycles. The average Bonchev–Trinajstić information content (AvgIpc) is 2.60. The van der Waals surface area contributed by atoms with E-state index in [0.717, 1.165) is 18.8 Å². The average molecular weight is 207 g/mol. The van der Waals surface area contributed by atoms with E-state index in [0.29, 0.717) is 5.92 Å². The maximum atomic E-state index is 5.39. The predicted molar refractivity (Wildman–Crippen MR) is 65.2 cm³/mol. The normalized spacial score (nSPS) is 20.9. The molecule has 0 spiro atoms. The van der Waals surface area contributed by atoms with Crippen molar-refractivity contribution in [2.75, 3.05) is 6.61 Å². The summed E-state index contributed by atoms with van der Waals surface area (Å²) in [6.45, 7) is 13.1. The third-order valence-electron chi connectivity index (χ3n) is 3.22. The monoisotopic (exact) mass is 207 g/mol. The molecule has 2 nitrogen and oxygen atoms in total. The minimum absolute atomic E-state index is 0.171. The lowest BCUT2D eigenvalue weighted by atomic mass is 9.89. The van der Waals surface area contributed by atoms with Gasteiger partial charge >= 0.3 is 0 Å². The Morgan fingerprint density at radius 3 is 2.60 bits per heavy atom. The SMILES string of the molecule is C=CC(C)(N=CC1=C(C)OCC1)C(C)C. The van der Waals surface area contributed by atoms with E-state index in [1.807, 2.05) is 19.2 Å². The van der Waals surface area contributed by atoms with Gasteiger partial charge in [0.05, 0.1) is 17.9 Å². The van der Waals surface area contributed by atoms with Crippen LogP contribution in [0.4, 0.5) is 0 Å². The van der Waals surface area contributed by atoms with Crippen LogP contribution in [0.15, 0.2) is 29.0 Å². The summed E-state index contributed by atoms with van der Waals surface area (Å²) in [5.74, 6) is 1.46. The Kier molecular flexibility index (Phi) is 3.72. The molecule has 0 amide bonds. The van der Waals surface area contributed by atoms with Gasteiger partial charge in [-0.2, -0.15) is 0 Å². The second-order valence-corrected chi connectivity index (χ2v) is 4.52. The van der Waals surface area contributed by atoms with Crippen molar-refractivity contribution in [2.45, 2.75) is 39.7 Å². The molecule has 1 aliphatic heterocycles. The fourth-order valence-corrected chi connectivity index (χ4v) is 1.39. The third kappa shape index (κ3) is 2.71. The van der Waals surface area contributed by atoms with Crippen molar-refractivity contribution in [3.63, 3.8) is 0 Å². The van der Waals surface area contributed by atoms with E-state index in [1.165, 1.54) is 5.57 Å². The number of ether oxygens (including phenoxy) is 1. The van der Waals surface area contributed by atoms with Gasteiger partial charge in [-0.3, -0.25) is 4.99 Å². The first-order valence-corrected chi connectivity index (χ1v) is 5.51. The van der Waals surface area contributed by atoms with Crippen molar-refractivity contribution in [1.82, 2.24) is 0 Å². The van der Waals surface area contributed by atoms with E-state index in [4.69, 9.17) is 4.74 Å². The van der Waals surface area contributed by atoms with E-state index < -0.39 is 0 Å². The number of hydrogen-bond acceptors (Lipinski definition) is 2. The molecule has 1 unspecified atom stereocenters. The largest absolute Gasteiger partial charge is 0.498 e. The van der Waals surface area contributed by atoms with Gasteiger partial charge < -0.3 is 4.74 Å². The third-order valence-corrected chi connectivity index (χ3v) is 3.22. The maximum Gasteiger partial charge on any atom is 0.0977 e. The molecule has 84 valence electrons.